The number of hydrogen-bond acceptors (Lipinski definition) is 5. The lowest BCUT2D eigenvalue weighted by Gasteiger charge is -2.40. The van der Waals surface area contributed by atoms with Gasteiger partial charge >= 0.3 is 0 Å². The van der Waals surface area contributed by atoms with Gasteiger partial charge in [-0.1, -0.05) is 35.7 Å². The molecule has 4 rings (SSSR count). The van der Waals surface area contributed by atoms with Crippen LogP contribution in [-0.2, 0) is 0 Å². The zero-order valence-electron chi connectivity index (χ0n) is 19.5. The molecule has 0 aliphatic carbocycles. The minimum absolute atomic E-state index is 0.444. The van der Waals surface area contributed by atoms with Crippen molar-refractivity contribution in [2.45, 2.75) is 32.0 Å². The molecule has 6 heteroatoms. The number of halogens is 1. The molecular formula is C28H29ClN2O3. The third kappa shape index (κ3) is 6.16. The van der Waals surface area contributed by atoms with E-state index in [9.17, 15) is 10.2 Å². The summed E-state index contributed by atoms with van der Waals surface area (Å²) in [4.78, 5) is 6.58. The standard InChI is InChI=1S/C28H29ClN2O3/c1-20-17-21(3-10-25-11-7-23(18-30-25)22-5-8-24(29)9-6-22)4-12-26(20)34-16-15-31-14-13-27(32)28(2,33)19-31/h4-9,11-12,17-18,27,32-33H,13-16,19H2,1-2H3/t27-,28+/m0/s1. The van der Waals surface area contributed by atoms with Gasteiger partial charge in [0.1, 0.15) is 23.7 Å². The van der Waals surface area contributed by atoms with Crippen LogP contribution in [0.3, 0.4) is 0 Å². The van der Waals surface area contributed by atoms with Gasteiger partial charge < -0.3 is 14.9 Å². The van der Waals surface area contributed by atoms with Gasteiger partial charge in [-0.2, -0.15) is 0 Å². The smallest absolute Gasteiger partial charge is 0.122 e. The van der Waals surface area contributed by atoms with Crippen molar-refractivity contribution in [3.05, 3.63) is 82.6 Å². The minimum Gasteiger partial charge on any atom is -0.492 e. The van der Waals surface area contributed by atoms with Gasteiger partial charge in [-0.3, -0.25) is 4.90 Å². The molecule has 0 unspecified atom stereocenters. The number of aromatic nitrogens is 1. The summed E-state index contributed by atoms with van der Waals surface area (Å²) in [6.45, 7) is 6.09. The van der Waals surface area contributed by atoms with Crippen LogP contribution in [0.1, 0.15) is 30.2 Å². The number of aryl methyl sites for hydroxylation is 1. The number of piperidine rings is 1. The molecule has 2 heterocycles. The Morgan fingerprint density at radius 2 is 1.88 bits per heavy atom. The van der Waals surface area contributed by atoms with Crippen LogP contribution in [0.15, 0.2) is 60.8 Å². The highest BCUT2D eigenvalue weighted by Crippen LogP contribution is 2.23. The predicted molar refractivity (Wildman–Crippen MR) is 135 cm³/mol. The quantitative estimate of drug-likeness (QED) is 0.537. The Balaban J connectivity index is 1.32. The van der Waals surface area contributed by atoms with Gasteiger partial charge in [0.05, 0.1) is 6.10 Å². The number of pyridine rings is 1. The summed E-state index contributed by atoms with van der Waals surface area (Å²) in [6, 6.07) is 17.5. The van der Waals surface area contributed by atoms with Gasteiger partial charge in [0.25, 0.3) is 0 Å². The van der Waals surface area contributed by atoms with Gasteiger partial charge in [-0.25, -0.2) is 4.98 Å². The van der Waals surface area contributed by atoms with Crippen LogP contribution in [-0.4, -0.2) is 58.0 Å². The van der Waals surface area contributed by atoms with Crippen LogP contribution in [0.2, 0.25) is 5.02 Å². The second-order valence-corrected chi connectivity index (χ2v) is 9.39. The molecule has 1 fully saturated rings. The fourth-order valence-electron chi connectivity index (χ4n) is 4.03. The van der Waals surface area contributed by atoms with Gasteiger partial charge in [0.15, 0.2) is 0 Å². The predicted octanol–water partition coefficient (Wildman–Crippen LogP) is 4.31. The normalized spacial score (nSPS) is 20.4. The molecule has 34 heavy (non-hydrogen) atoms. The molecule has 3 aromatic rings. The van der Waals surface area contributed by atoms with Gasteiger partial charge in [-0.15, -0.1) is 0 Å². The third-order valence-electron chi connectivity index (χ3n) is 6.10. The maximum atomic E-state index is 10.3. The van der Waals surface area contributed by atoms with Crippen LogP contribution in [0.25, 0.3) is 11.1 Å². The SMILES string of the molecule is Cc1cc(C#Cc2ccc(-c3ccc(Cl)cc3)cn2)ccc1OCCN1CC[C@H](O)[C@](C)(O)C1. The van der Waals surface area contributed by atoms with Crippen LogP contribution < -0.4 is 4.74 Å². The number of benzene rings is 2. The zero-order valence-corrected chi connectivity index (χ0v) is 20.2. The average Bonchev–Trinajstić information content (AvgIpc) is 2.82. The molecule has 2 N–H and O–H groups in total. The first-order valence-corrected chi connectivity index (χ1v) is 11.8. The molecule has 0 bridgehead atoms. The van der Waals surface area contributed by atoms with Crippen molar-refractivity contribution >= 4 is 11.6 Å². The highest BCUT2D eigenvalue weighted by molar-refractivity contribution is 6.30. The zero-order chi connectivity index (χ0) is 24.1. The van der Waals surface area contributed by atoms with Crippen molar-refractivity contribution in [3.63, 3.8) is 0 Å². The molecule has 1 aliphatic rings. The summed E-state index contributed by atoms with van der Waals surface area (Å²) in [6.07, 6.45) is 1.72. The molecule has 0 saturated carbocycles. The van der Waals surface area contributed by atoms with E-state index < -0.39 is 11.7 Å². The maximum absolute atomic E-state index is 10.3. The number of hydrogen-bond donors (Lipinski definition) is 2. The fourth-order valence-corrected chi connectivity index (χ4v) is 4.16. The Hall–Kier alpha value is -2.88. The molecule has 5 nitrogen and oxygen atoms in total. The van der Waals surface area contributed by atoms with E-state index in [0.29, 0.717) is 36.8 Å². The molecule has 1 saturated heterocycles. The second-order valence-electron chi connectivity index (χ2n) is 8.96. The maximum Gasteiger partial charge on any atom is 0.122 e. The molecular weight excluding hydrogens is 448 g/mol. The first-order chi connectivity index (χ1) is 16.3. The molecule has 1 aliphatic heterocycles. The average molecular weight is 477 g/mol. The summed E-state index contributed by atoms with van der Waals surface area (Å²) < 4.78 is 5.96. The van der Waals surface area contributed by atoms with E-state index in [4.69, 9.17) is 16.3 Å². The lowest BCUT2D eigenvalue weighted by atomic mass is 9.92. The van der Waals surface area contributed by atoms with Crippen molar-refractivity contribution in [2.24, 2.45) is 0 Å². The summed E-state index contributed by atoms with van der Waals surface area (Å²) in [5.74, 6) is 7.11. The Labute approximate surface area is 206 Å². The van der Waals surface area contributed by atoms with E-state index in [1.165, 1.54) is 0 Å². The Morgan fingerprint density at radius 3 is 2.56 bits per heavy atom. The molecule has 0 amide bonds. The largest absolute Gasteiger partial charge is 0.492 e. The molecule has 2 aromatic carbocycles. The van der Waals surface area contributed by atoms with E-state index in [-0.39, 0.29) is 0 Å². The topological polar surface area (TPSA) is 65.8 Å². The summed E-state index contributed by atoms with van der Waals surface area (Å²) in [5, 5.41) is 20.8. The lowest BCUT2D eigenvalue weighted by molar-refractivity contribution is -0.110. The van der Waals surface area contributed by atoms with Gasteiger partial charge in [0, 0.05) is 42.0 Å². The Kier molecular flexibility index (Phi) is 7.55. The highest BCUT2D eigenvalue weighted by atomic mass is 35.5. The van der Waals surface area contributed by atoms with Crippen molar-refractivity contribution in [3.8, 4) is 28.7 Å². The Bertz CT molecular complexity index is 1180. The third-order valence-corrected chi connectivity index (χ3v) is 6.35. The first kappa shape index (κ1) is 24.3. The van der Waals surface area contributed by atoms with Crippen LogP contribution >= 0.6 is 11.6 Å². The number of nitrogens with zero attached hydrogens (tertiary/aromatic N) is 2. The number of aliphatic hydroxyl groups is 2. The van der Waals surface area contributed by atoms with Crippen molar-refractivity contribution in [1.29, 1.82) is 0 Å². The number of β-amino-alcohol motifs (C(OH)–C–C–N with tert-alkyl or cyclic N) is 1. The van der Waals surface area contributed by atoms with E-state index in [0.717, 1.165) is 34.5 Å². The molecule has 1 aromatic heterocycles. The first-order valence-electron chi connectivity index (χ1n) is 11.4. The minimum atomic E-state index is -1.07. The van der Waals surface area contributed by atoms with Crippen molar-refractivity contribution in [1.82, 2.24) is 9.88 Å². The molecule has 0 spiro atoms. The fraction of sp³-hybridized carbons (Fsp3) is 0.321. The lowest BCUT2D eigenvalue weighted by Crippen LogP contribution is -2.55. The number of ether oxygens (including phenoxy) is 1. The number of rotatable bonds is 5. The van der Waals surface area contributed by atoms with E-state index in [1.54, 1.807) is 6.92 Å². The summed E-state index contributed by atoms with van der Waals surface area (Å²) >= 11 is 5.96. The molecule has 0 radical (unpaired) electrons. The van der Waals surface area contributed by atoms with E-state index in [2.05, 4.69) is 21.7 Å². The van der Waals surface area contributed by atoms with Crippen LogP contribution in [0.4, 0.5) is 0 Å². The number of likely N-dealkylation sites (tertiary alicyclic amines) is 1. The van der Waals surface area contributed by atoms with E-state index >= 15 is 0 Å². The summed E-state index contributed by atoms with van der Waals surface area (Å²) in [7, 11) is 0. The van der Waals surface area contributed by atoms with Crippen molar-refractivity contribution < 1.29 is 14.9 Å². The van der Waals surface area contributed by atoms with Gasteiger partial charge in [-0.05, 0) is 73.7 Å². The molecule has 176 valence electrons. The Morgan fingerprint density at radius 1 is 1.12 bits per heavy atom. The molecule has 2 atom stereocenters. The second kappa shape index (κ2) is 10.6. The highest BCUT2D eigenvalue weighted by Gasteiger charge is 2.36. The van der Waals surface area contributed by atoms with E-state index in [1.807, 2.05) is 67.7 Å². The van der Waals surface area contributed by atoms with Crippen LogP contribution in [0.5, 0.6) is 5.75 Å². The summed E-state index contributed by atoms with van der Waals surface area (Å²) in [5.41, 5.74) is 3.63. The van der Waals surface area contributed by atoms with Crippen LogP contribution in [0, 0.1) is 18.8 Å². The number of aliphatic hydroxyl groups excluding tert-OH is 1. The van der Waals surface area contributed by atoms with Gasteiger partial charge in [0.2, 0.25) is 0 Å². The monoisotopic (exact) mass is 476 g/mol. The van der Waals surface area contributed by atoms with Crippen molar-refractivity contribution in [2.75, 3.05) is 26.2 Å².